The Morgan fingerprint density at radius 1 is 1.37 bits per heavy atom. The van der Waals surface area contributed by atoms with Gasteiger partial charge in [0.2, 0.25) is 11.9 Å². The van der Waals surface area contributed by atoms with Crippen molar-refractivity contribution in [2.24, 2.45) is 17.8 Å². The lowest BCUT2D eigenvalue weighted by Gasteiger charge is -2.38. The van der Waals surface area contributed by atoms with Crippen LogP contribution in [-0.4, -0.2) is 59.7 Å². The smallest absolute Gasteiger partial charge is 0.230 e. The van der Waals surface area contributed by atoms with Crippen molar-refractivity contribution in [2.75, 3.05) is 42.3 Å². The van der Waals surface area contributed by atoms with Crippen molar-refractivity contribution in [2.45, 2.75) is 37.8 Å². The minimum atomic E-state index is 0.103. The van der Waals surface area contributed by atoms with Gasteiger partial charge in [0.1, 0.15) is 5.82 Å². The van der Waals surface area contributed by atoms with E-state index in [1.807, 2.05) is 6.26 Å². The van der Waals surface area contributed by atoms with Crippen LogP contribution < -0.4 is 16.0 Å². The second kappa shape index (κ2) is 8.22. The molecule has 3 aliphatic rings. The summed E-state index contributed by atoms with van der Waals surface area (Å²) in [6.07, 6.45) is 8.29. The Hall–Kier alpha value is -1.54. The number of nitrogens with two attached hydrogens (primary N) is 1. The zero-order valence-electron chi connectivity index (χ0n) is 15.8. The number of nitrogens with zero attached hydrogens (tertiary/aromatic N) is 3. The summed E-state index contributed by atoms with van der Waals surface area (Å²) in [4.78, 5) is 23.2. The van der Waals surface area contributed by atoms with Crippen molar-refractivity contribution in [3.8, 4) is 0 Å². The Kier molecular flexibility index (Phi) is 5.73. The number of carbonyl (C=O) groups is 1. The first kappa shape index (κ1) is 18.8. The average Bonchev–Trinajstić information content (AvgIpc) is 3.38. The molecule has 3 fully saturated rings. The quantitative estimate of drug-likeness (QED) is 0.728. The molecule has 0 unspecified atom stereocenters. The minimum Gasteiger partial charge on any atom is -0.384 e. The van der Waals surface area contributed by atoms with Crippen molar-refractivity contribution in [3.05, 3.63) is 12.3 Å². The number of ether oxygens (including phenoxy) is 1. The topological polar surface area (TPSA) is 93.4 Å². The third-order valence-corrected chi connectivity index (χ3v) is 6.48. The monoisotopic (exact) mass is 391 g/mol. The maximum absolute atomic E-state index is 12.2. The van der Waals surface area contributed by atoms with Crippen LogP contribution in [0.3, 0.4) is 0 Å². The highest BCUT2D eigenvalue weighted by Gasteiger charge is 2.44. The lowest BCUT2D eigenvalue weighted by atomic mass is 9.77. The molecule has 0 bridgehead atoms. The first-order valence-corrected chi connectivity index (χ1v) is 11.2. The summed E-state index contributed by atoms with van der Waals surface area (Å²) in [6.45, 7) is 2.68. The van der Waals surface area contributed by atoms with E-state index in [1.165, 1.54) is 12.8 Å². The molecule has 7 nitrogen and oxygen atoms in total. The van der Waals surface area contributed by atoms with Gasteiger partial charge in [-0.15, -0.1) is 0 Å². The molecule has 1 saturated heterocycles. The van der Waals surface area contributed by atoms with Crippen LogP contribution in [0.4, 0.5) is 11.8 Å². The standard InChI is InChI=1S/C19H29N5O2S/c1-27-11-18(25)22-15-6-13-8-24(19-21-5-4-17(20)23-19)9-14(13)7-16(15)26-10-12-2-3-12/h4-5,12-16H,2-3,6-11H2,1H3,(H,22,25)(H2,20,21,23)/t13-,14+,15-,16-/m0/s1. The van der Waals surface area contributed by atoms with Gasteiger partial charge in [-0.1, -0.05) is 0 Å². The number of fused-ring (bicyclic) bond motifs is 1. The van der Waals surface area contributed by atoms with Crippen molar-refractivity contribution in [1.29, 1.82) is 0 Å². The van der Waals surface area contributed by atoms with Gasteiger partial charge in [-0.3, -0.25) is 4.79 Å². The van der Waals surface area contributed by atoms with E-state index in [9.17, 15) is 4.79 Å². The van der Waals surface area contributed by atoms with Crippen LogP contribution in [0, 0.1) is 17.8 Å². The van der Waals surface area contributed by atoms with Crippen LogP contribution in [0.2, 0.25) is 0 Å². The zero-order valence-corrected chi connectivity index (χ0v) is 16.7. The molecule has 1 aromatic heterocycles. The molecule has 1 aromatic rings. The number of nitrogen functional groups attached to an aromatic ring is 1. The maximum atomic E-state index is 12.2. The summed E-state index contributed by atoms with van der Waals surface area (Å²) in [5.74, 6) is 3.63. The van der Waals surface area contributed by atoms with Crippen LogP contribution in [0.5, 0.6) is 0 Å². The van der Waals surface area contributed by atoms with Gasteiger partial charge in [-0.05, 0) is 55.8 Å². The number of nitrogens with one attached hydrogen (secondary N) is 1. The largest absolute Gasteiger partial charge is 0.384 e. The van der Waals surface area contributed by atoms with Crippen molar-refractivity contribution in [3.63, 3.8) is 0 Å². The Morgan fingerprint density at radius 2 is 2.15 bits per heavy atom. The third-order valence-electron chi connectivity index (χ3n) is 5.93. The number of carbonyl (C=O) groups excluding carboxylic acids is 1. The lowest BCUT2D eigenvalue weighted by molar-refractivity contribution is -0.121. The Labute approximate surface area is 164 Å². The fourth-order valence-corrected chi connectivity index (χ4v) is 4.70. The van der Waals surface area contributed by atoms with Crippen LogP contribution >= 0.6 is 11.8 Å². The number of aromatic nitrogens is 2. The second-order valence-corrected chi connectivity index (χ2v) is 8.97. The molecule has 148 valence electrons. The second-order valence-electron chi connectivity index (χ2n) is 8.10. The molecule has 4 rings (SSSR count). The van der Waals surface area contributed by atoms with Crippen molar-refractivity contribution < 1.29 is 9.53 Å². The van der Waals surface area contributed by atoms with E-state index in [1.54, 1.807) is 24.0 Å². The number of amides is 1. The summed E-state index contributed by atoms with van der Waals surface area (Å²) in [6, 6.07) is 1.82. The van der Waals surface area contributed by atoms with Gasteiger partial charge < -0.3 is 20.7 Å². The summed E-state index contributed by atoms with van der Waals surface area (Å²) in [5.41, 5.74) is 5.83. The molecule has 1 amide bonds. The van der Waals surface area contributed by atoms with Crippen LogP contribution in [0.15, 0.2) is 12.3 Å². The van der Waals surface area contributed by atoms with Gasteiger partial charge >= 0.3 is 0 Å². The lowest BCUT2D eigenvalue weighted by Crippen LogP contribution is -2.51. The molecule has 2 aliphatic carbocycles. The minimum absolute atomic E-state index is 0.103. The van der Waals surface area contributed by atoms with Crippen molar-refractivity contribution in [1.82, 2.24) is 15.3 Å². The summed E-state index contributed by atoms with van der Waals surface area (Å²) in [5, 5.41) is 3.24. The maximum Gasteiger partial charge on any atom is 0.230 e. The SMILES string of the molecule is CSCC(=O)N[C@H]1C[C@H]2CN(c3nccc(N)n3)C[C@H]2C[C@@H]1OCC1CC1. The van der Waals surface area contributed by atoms with Gasteiger partial charge in [0.25, 0.3) is 0 Å². The molecule has 8 heteroatoms. The summed E-state index contributed by atoms with van der Waals surface area (Å²) >= 11 is 1.56. The molecule has 2 heterocycles. The van der Waals surface area contributed by atoms with Gasteiger partial charge in [-0.2, -0.15) is 16.7 Å². The third kappa shape index (κ3) is 4.66. The number of hydrogen-bond donors (Lipinski definition) is 2. The van der Waals surface area contributed by atoms with E-state index in [2.05, 4.69) is 20.2 Å². The van der Waals surface area contributed by atoms with Crippen molar-refractivity contribution >= 4 is 29.4 Å². The number of rotatable bonds is 7. The van der Waals surface area contributed by atoms with E-state index < -0.39 is 0 Å². The summed E-state index contributed by atoms with van der Waals surface area (Å²) < 4.78 is 6.28. The molecular formula is C19H29N5O2S. The Morgan fingerprint density at radius 3 is 2.85 bits per heavy atom. The van der Waals surface area contributed by atoms with E-state index >= 15 is 0 Å². The fourth-order valence-electron chi connectivity index (χ4n) is 4.35. The first-order chi connectivity index (χ1) is 13.1. The van der Waals surface area contributed by atoms with Gasteiger partial charge in [0.15, 0.2) is 0 Å². The van der Waals surface area contributed by atoms with E-state index in [-0.39, 0.29) is 18.1 Å². The van der Waals surface area contributed by atoms with E-state index in [0.717, 1.165) is 38.5 Å². The number of anilines is 2. The molecule has 0 radical (unpaired) electrons. The average molecular weight is 392 g/mol. The highest BCUT2D eigenvalue weighted by atomic mass is 32.2. The van der Waals surface area contributed by atoms with Gasteiger partial charge in [0.05, 0.1) is 17.9 Å². The van der Waals surface area contributed by atoms with E-state index in [0.29, 0.717) is 29.4 Å². The zero-order chi connectivity index (χ0) is 18.8. The van der Waals surface area contributed by atoms with E-state index in [4.69, 9.17) is 10.5 Å². The molecular weight excluding hydrogens is 362 g/mol. The highest BCUT2D eigenvalue weighted by Crippen LogP contribution is 2.39. The molecule has 27 heavy (non-hydrogen) atoms. The normalized spacial score (nSPS) is 30.2. The first-order valence-electron chi connectivity index (χ1n) is 9.85. The van der Waals surface area contributed by atoms with Gasteiger partial charge in [0, 0.05) is 25.9 Å². The number of hydrogen-bond acceptors (Lipinski definition) is 7. The predicted molar refractivity (Wildman–Crippen MR) is 108 cm³/mol. The van der Waals surface area contributed by atoms with Crippen LogP contribution in [-0.2, 0) is 9.53 Å². The predicted octanol–water partition coefficient (Wildman–Crippen LogP) is 1.55. The molecule has 0 aromatic carbocycles. The van der Waals surface area contributed by atoms with Crippen LogP contribution in [0.1, 0.15) is 25.7 Å². The molecule has 3 N–H and O–H groups in total. The number of thioether (sulfide) groups is 1. The Balaban J connectivity index is 1.42. The molecule has 0 spiro atoms. The molecule has 2 saturated carbocycles. The highest BCUT2D eigenvalue weighted by molar-refractivity contribution is 7.99. The van der Waals surface area contributed by atoms with Gasteiger partial charge in [-0.25, -0.2) is 4.98 Å². The molecule has 4 atom stereocenters. The molecule has 1 aliphatic heterocycles. The fraction of sp³-hybridized carbons (Fsp3) is 0.737. The van der Waals surface area contributed by atoms with Crippen LogP contribution in [0.25, 0.3) is 0 Å². The Bertz CT molecular complexity index is 671. The summed E-state index contributed by atoms with van der Waals surface area (Å²) in [7, 11) is 0.